The van der Waals surface area contributed by atoms with Crippen LogP contribution in [-0.2, 0) is 9.59 Å². The summed E-state index contributed by atoms with van der Waals surface area (Å²) >= 11 is 6.00. The van der Waals surface area contributed by atoms with Crippen molar-refractivity contribution in [2.45, 2.75) is 6.10 Å². The summed E-state index contributed by atoms with van der Waals surface area (Å²) in [5, 5.41) is 17.5. The van der Waals surface area contributed by atoms with E-state index in [1.807, 2.05) is 36.4 Å². The molecule has 0 saturated carbocycles. The minimum absolute atomic E-state index is 0.0936. The van der Waals surface area contributed by atoms with Crippen molar-refractivity contribution in [3.05, 3.63) is 71.2 Å². The molecule has 0 aliphatic rings. The van der Waals surface area contributed by atoms with Gasteiger partial charge >= 0.3 is 11.8 Å². The van der Waals surface area contributed by atoms with Gasteiger partial charge in [0.25, 0.3) is 0 Å². The molecule has 0 aliphatic carbocycles. The van der Waals surface area contributed by atoms with E-state index < -0.39 is 17.9 Å². The van der Waals surface area contributed by atoms with Crippen LogP contribution in [0, 0.1) is 0 Å². The average molecular weight is 399 g/mol. The van der Waals surface area contributed by atoms with Crippen LogP contribution in [0.4, 0.5) is 5.69 Å². The second-order valence-corrected chi connectivity index (χ2v) is 6.50. The number of benzene rings is 3. The van der Waals surface area contributed by atoms with E-state index in [0.29, 0.717) is 22.0 Å². The number of methoxy groups -OCH3 is 1. The minimum Gasteiger partial charge on any atom is -0.495 e. The molecule has 0 aliphatic heterocycles. The quantitative estimate of drug-likeness (QED) is 0.575. The standard InChI is InChI=1S/C21H19ClN2O4/c1-28-19-10-9-14(11-17(19)22)24-21(27)20(26)23-12-18(25)16-8-4-6-13-5-2-3-7-15(13)16/h2-11,18,25H,12H2,1H3,(H,23,26)(H,24,27)/t18-/m0/s1. The molecule has 6 nitrogen and oxygen atoms in total. The fourth-order valence-electron chi connectivity index (χ4n) is 2.85. The van der Waals surface area contributed by atoms with Gasteiger partial charge in [0.15, 0.2) is 0 Å². The summed E-state index contributed by atoms with van der Waals surface area (Å²) in [7, 11) is 1.48. The minimum atomic E-state index is -0.946. The molecule has 1 atom stereocenters. The van der Waals surface area contributed by atoms with Crippen LogP contribution in [0.5, 0.6) is 5.75 Å². The maximum atomic E-state index is 12.1. The summed E-state index contributed by atoms with van der Waals surface area (Å²) in [4.78, 5) is 24.1. The van der Waals surface area contributed by atoms with E-state index in [-0.39, 0.29) is 6.54 Å². The predicted octanol–water partition coefficient (Wildman–Crippen LogP) is 3.29. The zero-order valence-electron chi connectivity index (χ0n) is 15.1. The number of rotatable bonds is 5. The molecule has 3 N–H and O–H groups in total. The van der Waals surface area contributed by atoms with Crippen LogP contribution in [0.2, 0.25) is 5.02 Å². The topological polar surface area (TPSA) is 87.7 Å². The third-order valence-electron chi connectivity index (χ3n) is 4.25. The number of nitrogens with one attached hydrogen (secondary N) is 2. The van der Waals surface area contributed by atoms with E-state index in [9.17, 15) is 14.7 Å². The molecule has 28 heavy (non-hydrogen) atoms. The third-order valence-corrected chi connectivity index (χ3v) is 4.55. The van der Waals surface area contributed by atoms with E-state index in [2.05, 4.69) is 10.6 Å². The highest BCUT2D eigenvalue weighted by atomic mass is 35.5. The summed E-state index contributed by atoms with van der Waals surface area (Å²) in [6, 6.07) is 17.8. The van der Waals surface area contributed by atoms with Crippen molar-refractivity contribution in [2.75, 3.05) is 19.0 Å². The zero-order chi connectivity index (χ0) is 20.1. The first kappa shape index (κ1) is 19.7. The van der Waals surface area contributed by atoms with E-state index in [1.54, 1.807) is 18.2 Å². The van der Waals surface area contributed by atoms with Crippen LogP contribution in [0.25, 0.3) is 10.8 Å². The van der Waals surface area contributed by atoms with Crippen molar-refractivity contribution >= 4 is 39.9 Å². The molecule has 0 bridgehead atoms. The molecular formula is C21H19ClN2O4. The van der Waals surface area contributed by atoms with Crippen LogP contribution in [0.1, 0.15) is 11.7 Å². The van der Waals surface area contributed by atoms with Gasteiger partial charge in [-0.25, -0.2) is 0 Å². The smallest absolute Gasteiger partial charge is 0.313 e. The molecule has 0 fully saturated rings. The molecule has 0 spiro atoms. The summed E-state index contributed by atoms with van der Waals surface area (Å²) < 4.78 is 5.04. The Morgan fingerprint density at radius 2 is 1.82 bits per heavy atom. The Morgan fingerprint density at radius 1 is 1.07 bits per heavy atom. The Bertz CT molecular complexity index is 1020. The largest absolute Gasteiger partial charge is 0.495 e. The maximum Gasteiger partial charge on any atom is 0.313 e. The normalized spacial score (nSPS) is 11.7. The molecule has 144 valence electrons. The van der Waals surface area contributed by atoms with E-state index in [4.69, 9.17) is 16.3 Å². The number of aliphatic hydroxyl groups excluding tert-OH is 1. The Labute approximate surface area is 167 Å². The van der Waals surface area contributed by atoms with E-state index in [1.165, 1.54) is 13.2 Å². The first-order chi connectivity index (χ1) is 13.5. The number of halogens is 1. The molecule has 3 rings (SSSR count). The van der Waals surface area contributed by atoms with Crippen LogP contribution in [0.15, 0.2) is 60.7 Å². The van der Waals surface area contributed by atoms with Crippen molar-refractivity contribution in [3.63, 3.8) is 0 Å². The number of ether oxygens (including phenoxy) is 1. The summed E-state index contributed by atoms with van der Waals surface area (Å²) in [6.45, 7) is -0.0936. The van der Waals surface area contributed by atoms with Gasteiger partial charge in [-0.05, 0) is 34.5 Å². The number of aliphatic hydroxyl groups is 1. The van der Waals surface area contributed by atoms with Gasteiger partial charge in [0, 0.05) is 12.2 Å². The van der Waals surface area contributed by atoms with Gasteiger partial charge in [-0.3, -0.25) is 9.59 Å². The Morgan fingerprint density at radius 3 is 2.57 bits per heavy atom. The highest BCUT2D eigenvalue weighted by Crippen LogP contribution is 2.27. The lowest BCUT2D eigenvalue weighted by molar-refractivity contribution is -0.136. The van der Waals surface area contributed by atoms with Crippen molar-refractivity contribution < 1.29 is 19.4 Å². The Hall–Kier alpha value is -3.09. The zero-order valence-corrected chi connectivity index (χ0v) is 15.9. The molecule has 3 aromatic rings. The fourth-order valence-corrected chi connectivity index (χ4v) is 3.11. The first-order valence-electron chi connectivity index (χ1n) is 8.58. The SMILES string of the molecule is COc1ccc(NC(=O)C(=O)NC[C@H](O)c2cccc3ccccc23)cc1Cl. The number of hydrogen-bond donors (Lipinski definition) is 3. The van der Waals surface area contributed by atoms with Gasteiger partial charge in [0.05, 0.1) is 18.2 Å². The number of amides is 2. The average Bonchev–Trinajstić information content (AvgIpc) is 2.71. The lowest BCUT2D eigenvalue weighted by Gasteiger charge is -2.15. The van der Waals surface area contributed by atoms with Gasteiger partial charge in [0.1, 0.15) is 5.75 Å². The summed E-state index contributed by atoms with van der Waals surface area (Å²) in [5.41, 5.74) is 1.04. The summed E-state index contributed by atoms with van der Waals surface area (Å²) in [6.07, 6.45) is -0.946. The predicted molar refractivity (Wildman–Crippen MR) is 109 cm³/mol. The summed E-state index contributed by atoms with van der Waals surface area (Å²) in [5.74, 6) is -1.25. The highest BCUT2D eigenvalue weighted by molar-refractivity contribution is 6.40. The Balaban J connectivity index is 1.61. The van der Waals surface area contributed by atoms with Crippen molar-refractivity contribution in [1.82, 2.24) is 5.32 Å². The van der Waals surface area contributed by atoms with Crippen LogP contribution in [0.3, 0.4) is 0 Å². The van der Waals surface area contributed by atoms with Crippen molar-refractivity contribution in [2.24, 2.45) is 0 Å². The molecule has 2 amide bonds. The lowest BCUT2D eigenvalue weighted by atomic mass is 10.0. The van der Waals surface area contributed by atoms with Gasteiger partial charge in [-0.1, -0.05) is 54.1 Å². The number of carbonyl (C=O) groups excluding carboxylic acids is 2. The van der Waals surface area contributed by atoms with Crippen LogP contribution >= 0.6 is 11.6 Å². The number of fused-ring (bicyclic) bond motifs is 1. The monoisotopic (exact) mass is 398 g/mol. The third kappa shape index (κ3) is 4.42. The molecule has 0 unspecified atom stereocenters. The number of carbonyl (C=O) groups is 2. The fraction of sp³-hybridized carbons (Fsp3) is 0.143. The van der Waals surface area contributed by atoms with Crippen LogP contribution in [-0.4, -0.2) is 30.6 Å². The number of anilines is 1. The van der Waals surface area contributed by atoms with Gasteiger partial charge < -0.3 is 20.5 Å². The van der Waals surface area contributed by atoms with Gasteiger partial charge in [-0.15, -0.1) is 0 Å². The molecule has 7 heteroatoms. The second-order valence-electron chi connectivity index (χ2n) is 6.10. The molecule has 0 heterocycles. The second kappa shape index (κ2) is 8.73. The molecule has 3 aromatic carbocycles. The molecule has 0 aromatic heterocycles. The lowest BCUT2D eigenvalue weighted by Crippen LogP contribution is -2.37. The van der Waals surface area contributed by atoms with E-state index in [0.717, 1.165) is 10.8 Å². The highest BCUT2D eigenvalue weighted by Gasteiger charge is 2.17. The van der Waals surface area contributed by atoms with Gasteiger partial charge in [-0.2, -0.15) is 0 Å². The van der Waals surface area contributed by atoms with Crippen molar-refractivity contribution in [1.29, 1.82) is 0 Å². The first-order valence-corrected chi connectivity index (χ1v) is 8.96. The molecule has 0 radical (unpaired) electrons. The molecular weight excluding hydrogens is 380 g/mol. The number of hydrogen-bond acceptors (Lipinski definition) is 4. The maximum absolute atomic E-state index is 12.1. The molecule has 0 saturated heterocycles. The van der Waals surface area contributed by atoms with Gasteiger partial charge in [0.2, 0.25) is 0 Å². The Kier molecular flexibility index (Phi) is 6.13. The van der Waals surface area contributed by atoms with Crippen LogP contribution < -0.4 is 15.4 Å². The van der Waals surface area contributed by atoms with Crippen molar-refractivity contribution in [3.8, 4) is 5.75 Å². The van der Waals surface area contributed by atoms with E-state index >= 15 is 0 Å².